The summed E-state index contributed by atoms with van der Waals surface area (Å²) in [5.41, 5.74) is 2.98. The van der Waals surface area contributed by atoms with E-state index in [4.69, 9.17) is 0 Å². The van der Waals surface area contributed by atoms with Gasteiger partial charge in [0, 0.05) is 62.4 Å². The Morgan fingerprint density at radius 2 is 1.90 bits per heavy atom. The number of carbonyl (C=O) groups is 1. The summed E-state index contributed by atoms with van der Waals surface area (Å²) in [6, 6.07) is 9.71. The fraction of sp³-hybridized carbons (Fsp3) is 0.136. The number of pyridine rings is 2. The molecule has 1 amide bonds. The third kappa shape index (κ3) is 4.07. The molecule has 0 aliphatic carbocycles. The number of amides is 1. The van der Waals surface area contributed by atoms with Crippen molar-refractivity contribution in [1.29, 1.82) is 0 Å². The van der Waals surface area contributed by atoms with E-state index >= 15 is 0 Å². The zero-order chi connectivity index (χ0) is 21.1. The smallest absolute Gasteiger partial charge is 0.254 e. The van der Waals surface area contributed by atoms with Crippen LogP contribution in [0.5, 0.6) is 0 Å². The number of fused-ring (bicyclic) bond motifs is 1. The molecule has 1 aromatic carbocycles. The molecule has 0 atom stereocenters. The van der Waals surface area contributed by atoms with Gasteiger partial charge in [0.05, 0.1) is 16.8 Å². The van der Waals surface area contributed by atoms with Gasteiger partial charge in [-0.1, -0.05) is 6.07 Å². The van der Waals surface area contributed by atoms with Gasteiger partial charge in [-0.25, -0.2) is 19.3 Å². The second kappa shape index (κ2) is 8.20. The minimum atomic E-state index is -0.415. The third-order valence-corrected chi connectivity index (χ3v) is 4.53. The molecule has 3 heterocycles. The lowest BCUT2D eigenvalue weighted by Crippen LogP contribution is -2.22. The van der Waals surface area contributed by atoms with Gasteiger partial charge in [-0.2, -0.15) is 0 Å². The van der Waals surface area contributed by atoms with Crippen LogP contribution in [-0.2, 0) is 6.54 Å². The minimum Gasteiger partial charge on any atom is -0.350 e. The number of hydrogen-bond donors (Lipinski definition) is 1. The van der Waals surface area contributed by atoms with Gasteiger partial charge in [-0.05, 0) is 29.8 Å². The number of benzene rings is 1. The number of nitrogens with one attached hydrogen (secondary N) is 1. The molecule has 7 nitrogen and oxygen atoms in total. The number of halogens is 1. The van der Waals surface area contributed by atoms with E-state index in [1.54, 1.807) is 51.0 Å². The second-order valence-electron chi connectivity index (χ2n) is 6.93. The largest absolute Gasteiger partial charge is 0.350 e. The molecular formula is C22H19FN6O. The molecule has 0 bridgehead atoms. The van der Waals surface area contributed by atoms with Crippen LogP contribution in [0.4, 0.5) is 10.3 Å². The molecule has 0 aliphatic rings. The molecule has 4 rings (SSSR count). The van der Waals surface area contributed by atoms with Crippen LogP contribution in [0.2, 0.25) is 0 Å². The number of rotatable bonds is 5. The Hall–Kier alpha value is -3.94. The highest BCUT2D eigenvalue weighted by Gasteiger charge is 2.16. The van der Waals surface area contributed by atoms with Crippen molar-refractivity contribution in [2.45, 2.75) is 6.54 Å². The third-order valence-electron chi connectivity index (χ3n) is 4.53. The predicted octanol–water partition coefficient (Wildman–Crippen LogP) is 3.54. The van der Waals surface area contributed by atoms with Crippen molar-refractivity contribution in [3.63, 3.8) is 0 Å². The maximum absolute atomic E-state index is 13.8. The molecule has 30 heavy (non-hydrogen) atoms. The van der Waals surface area contributed by atoms with Gasteiger partial charge in [0.15, 0.2) is 0 Å². The van der Waals surface area contributed by atoms with E-state index < -0.39 is 5.82 Å². The van der Waals surface area contributed by atoms with Crippen LogP contribution >= 0.6 is 0 Å². The highest BCUT2D eigenvalue weighted by molar-refractivity contribution is 6.07. The van der Waals surface area contributed by atoms with Gasteiger partial charge >= 0.3 is 0 Å². The molecule has 0 fully saturated rings. The van der Waals surface area contributed by atoms with Crippen molar-refractivity contribution in [3.05, 3.63) is 78.1 Å². The molecule has 0 spiro atoms. The Morgan fingerprint density at radius 1 is 1.10 bits per heavy atom. The lowest BCUT2D eigenvalue weighted by Gasteiger charge is -2.14. The molecule has 4 aromatic rings. The fourth-order valence-electron chi connectivity index (χ4n) is 3.00. The van der Waals surface area contributed by atoms with Crippen LogP contribution in [0, 0.1) is 5.82 Å². The second-order valence-corrected chi connectivity index (χ2v) is 6.93. The van der Waals surface area contributed by atoms with Gasteiger partial charge in [0.2, 0.25) is 5.95 Å². The quantitative estimate of drug-likeness (QED) is 0.550. The number of hydrogen-bond acceptors (Lipinski definition) is 6. The summed E-state index contributed by atoms with van der Waals surface area (Å²) in [5, 5.41) is 3.72. The van der Waals surface area contributed by atoms with Crippen molar-refractivity contribution in [2.75, 3.05) is 19.4 Å². The summed E-state index contributed by atoms with van der Waals surface area (Å²) in [7, 11) is 3.34. The fourth-order valence-corrected chi connectivity index (χ4v) is 3.00. The van der Waals surface area contributed by atoms with Gasteiger partial charge < -0.3 is 10.2 Å². The molecule has 0 radical (unpaired) electrons. The zero-order valence-corrected chi connectivity index (χ0v) is 16.5. The molecule has 0 saturated carbocycles. The SMILES string of the molecule is CN(C)C(=O)c1cc(-c2cnc(NCc3cccnc3)nc2)nc2cc(F)ccc12. The molecular weight excluding hydrogens is 383 g/mol. The summed E-state index contributed by atoms with van der Waals surface area (Å²) in [6.07, 6.45) is 6.72. The summed E-state index contributed by atoms with van der Waals surface area (Å²) < 4.78 is 13.8. The van der Waals surface area contributed by atoms with Crippen molar-refractivity contribution in [3.8, 4) is 11.3 Å². The van der Waals surface area contributed by atoms with Gasteiger partial charge in [-0.15, -0.1) is 0 Å². The monoisotopic (exact) mass is 402 g/mol. The Labute approximate surface area is 172 Å². The number of aromatic nitrogens is 4. The summed E-state index contributed by atoms with van der Waals surface area (Å²) in [4.78, 5) is 31.4. The predicted molar refractivity (Wildman–Crippen MR) is 112 cm³/mol. The first-order chi connectivity index (χ1) is 14.5. The Bertz CT molecular complexity index is 1200. The first-order valence-corrected chi connectivity index (χ1v) is 9.28. The lowest BCUT2D eigenvalue weighted by atomic mass is 10.0. The number of carbonyl (C=O) groups excluding carboxylic acids is 1. The average molecular weight is 402 g/mol. The van der Waals surface area contributed by atoms with Crippen molar-refractivity contribution >= 4 is 22.8 Å². The van der Waals surface area contributed by atoms with Crippen LogP contribution < -0.4 is 5.32 Å². The van der Waals surface area contributed by atoms with E-state index in [0.29, 0.717) is 40.2 Å². The molecule has 0 unspecified atom stereocenters. The topological polar surface area (TPSA) is 83.9 Å². The van der Waals surface area contributed by atoms with E-state index in [1.165, 1.54) is 17.0 Å². The minimum absolute atomic E-state index is 0.189. The van der Waals surface area contributed by atoms with E-state index in [2.05, 4.69) is 25.3 Å². The molecule has 0 saturated heterocycles. The van der Waals surface area contributed by atoms with E-state index in [0.717, 1.165) is 5.56 Å². The van der Waals surface area contributed by atoms with Crippen LogP contribution in [0.15, 0.2) is 61.2 Å². The summed E-state index contributed by atoms with van der Waals surface area (Å²) >= 11 is 0. The van der Waals surface area contributed by atoms with Gasteiger partial charge in [0.1, 0.15) is 5.82 Å². The summed E-state index contributed by atoms with van der Waals surface area (Å²) in [5.74, 6) is -0.147. The average Bonchev–Trinajstić information content (AvgIpc) is 2.77. The van der Waals surface area contributed by atoms with E-state index in [1.807, 2.05) is 12.1 Å². The highest BCUT2D eigenvalue weighted by atomic mass is 19.1. The van der Waals surface area contributed by atoms with E-state index in [-0.39, 0.29) is 5.91 Å². The zero-order valence-electron chi connectivity index (χ0n) is 16.5. The van der Waals surface area contributed by atoms with Crippen molar-refractivity contribution in [1.82, 2.24) is 24.8 Å². The van der Waals surface area contributed by atoms with E-state index in [9.17, 15) is 9.18 Å². The maximum Gasteiger partial charge on any atom is 0.254 e. The normalized spacial score (nSPS) is 10.8. The molecule has 8 heteroatoms. The lowest BCUT2D eigenvalue weighted by molar-refractivity contribution is 0.0829. The number of nitrogens with zero attached hydrogens (tertiary/aromatic N) is 5. The Balaban J connectivity index is 1.66. The molecule has 3 aromatic heterocycles. The van der Waals surface area contributed by atoms with Crippen molar-refractivity contribution in [2.24, 2.45) is 0 Å². The van der Waals surface area contributed by atoms with Crippen LogP contribution in [0.1, 0.15) is 15.9 Å². The molecule has 1 N–H and O–H groups in total. The summed E-state index contributed by atoms with van der Waals surface area (Å²) in [6.45, 7) is 0.544. The first-order valence-electron chi connectivity index (χ1n) is 9.28. The van der Waals surface area contributed by atoms with Crippen molar-refractivity contribution < 1.29 is 9.18 Å². The molecule has 0 aliphatic heterocycles. The molecule has 150 valence electrons. The van der Waals surface area contributed by atoms with Crippen LogP contribution in [0.3, 0.4) is 0 Å². The maximum atomic E-state index is 13.8. The Morgan fingerprint density at radius 3 is 2.60 bits per heavy atom. The van der Waals surface area contributed by atoms with Crippen LogP contribution in [-0.4, -0.2) is 44.8 Å². The van der Waals surface area contributed by atoms with Gasteiger partial charge in [-0.3, -0.25) is 9.78 Å². The van der Waals surface area contributed by atoms with Gasteiger partial charge in [0.25, 0.3) is 5.91 Å². The highest BCUT2D eigenvalue weighted by Crippen LogP contribution is 2.26. The standard InChI is InChI=1S/C22H19FN6O/c1-29(2)21(30)18-9-19(28-20-8-16(23)5-6-17(18)20)15-12-26-22(27-13-15)25-11-14-4-3-7-24-10-14/h3-10,12-13H,11H2,1-2H3,(H,25,26,27). The number of anilines is 1. The Kier molecular flexibility index (Phi) is 5.30. The van der Waals surface area contributed by atoms with Crippen LogP contribution in [0.25, 0.3) is 22.2 Å². The first kappa shape index (κ1) is 19.4.